The first-order chi connectivity index (χ1) is 7.10. The van der Waals surface area contributed by atoms with E-state index in [4.69, 9.17) is 4.74 Å². The summed E-state index contributed by atoms with van der Waals surface area (Å²) in [6.07, 6.45) is 2.31. The molecule has 0 aromatic carbocycles. The largest absolute Gasteiger partial charge is 0.468 e. The zero-order chi connectivity index (χ0) is 11.1. The minimum absolute atomic E-state index is 0.0284. The van der Waals surface area contributed by atoms with Gasteiger partial charge in [0.25, 0.3) is 0 Å². The van der Waals surface area contributed by atoms with Crippen molar-refractivity contribution in [3.63, 3.8) is 0 Å². The zero-order valence-electron chi connectivity index (χ0n) is 8.86. The Hall–Kier alpha value is -0.630. The second-order valence-corrected chi connectivity index (χ2v) is 5.32. The van der Waals surface area contributed by atoms with Crippen LogP contribution in [0.1, 0.15) is 19.3 Å². The highest BCUT2D eigenvalue weighted by atomic mass is 31.0. The summed E-state index contributed by atoms with van der Waals surface area (Å²) in [5.41, 5.74) is -0.342. The molecule has 5 heteroatoms. The molecule has 0 aromatic heterocycles. The van der Waals surface area contributed by atoms with Crippen LogP contribution < -0.4 is 0 Å². The summed E-state index contributed by atoms with van der Waals surface area (Å²) < 4.78 is 4.69. The van der Waals surface area contributed by atoms with Crippen LogP contribution in [0.4, 0.5) is 0 Å². The second kappa shape index (κ2) is 3.75. The fourth-order valence-corrected chi connectivity index (χ4v) is 2.50. The SMILES string of the molecule is COC(=O)C1(C(=O)N2CC[C@@H](P)C2)CC1. The van der Waals surface area contributed by atoms with Gasteiger partial charge >= 0.3 is 5.97 Å². The number of likely N-dealkylation sites (tertiary alicyclic amines) is 1. The number of hydrogen-bond acceptors (Lipinski definition) is 3. The summed E-state index contributed by atoms with van der Waals surface area (Å²) in [6.45, 7) is 1.52. The van der Waals surface area contributed by atoms with Gasteiger partial charge in [-0.1, -0.05) is 0 Å². The molecule has 15 heavy (non-hydrogen) atoms. The first-order valence-electron chi connectivity index (χ1n) is 5.23. The first kappa shape index (κ1) is 10.9. The van der Waals surface area contributed by atoms with Crippen LogP contribution in [0.2, 0.25) is 0 Å². The van der Waals surface area contributed by atoms with Crippen LogP contribution in [0.15, 0.2) is 0 Å². The Morgan fingerprint density at radius 2 is 2.13 bits per heavy atom. The molecule has 0 N–H and O–H groups in total. The highest BCUT2D eigenvalue weighted by molar-refractivity contribution is 7.17. The van der Waals surface area contributed by atoms with Gasteiger partial charge < -0.3 is 9.64 Å². The second-order valence-electron chi connectivity index (χ2n) is 4.37. The monoisotopic (exact) mass is 229 g/mol. The molecular formula is C10H16NO3P. The van der Waals surface area contributed by atoms with Crippen molar-refractivity contribution in [2.24, 2.45) is 5.41 Å². The van der Waals surface area contributed by atoms with Gasteiger partial charge in [0.15, 0.2) is 0 Å². The molecule has 1 saturated carbocycles. The molecule has 2 rings (SSSR count). The van der Waals surface area contributed by atoms with Gasteiger partial charge in [-0.25, -0.2) is 0 Å². The molecule has 0 radical (unpaired) electrons. The average Bonchev–Trinajstić information content (AvgIpc) is 2.94. The lowest BCUT2D eigenvalue weighted by Gasteiger charge is -2.21. The highest BCUT2D eigenvalue weighted by Gasteiger charge is 2.59. The lowest BCUT2D eigenvalue weighted by Crippen LogP contribution is -2.40. The van der Waals surface area contributed by atoms with Crippen molar-refractivity contribution in [3.8, 4) is 0 Å². The van der Waals surface area contributed by atoms with Crippen LogP contribution in [-0.4, -0.2) is 42.6 Å². The minimum atomic E-state index is -0.816. The van der Waals surface area contributed by atoms with E-state index in [1.165, 1.54) is 7.11 Å². The Bertz CT molecular complexity index is 301. The smallest absolute Gasteiger partial charge is 0.321 e. The van der Waals surface area contributed by atoms with Crippen molar-refractivity contribution in [1.82, 2.24) is 4.90 Å². The number of amides is 1. The van der Waals surface area contributed by atoms with Crippen LogP contribution in [0.3, 0.4) is 0 Å². The molecule has 2 aliphatic rings. The zero-order valence-corrected chi connectivity index (χ0v) is 10.0. The molecular weight excluding hydrogens is 213 g/mol. The molecule has 1 aliphatic heterocycles. The molecule has 1 aliphatic carbocycles. The lowest BCUT2D eigenvalue weighted by molar-refractivity contribution is -0.155. The molecule has 0 spiro atoms. The predicted molar refractivity (Wildman–Crippen MR) is 58.4 cm³/mol. The van der Waals surface area contributed by atoms with Gasteiger partial charge in [0.1, 0.15) is 5.41 Å². The van der Waals surface area contributed by atoms with E-state index in [0.29, 0.717) is 18.5 Å². The number of carbonyl (C=O) groups is 2. The molecule has 0 bridgehead atoms. The molecule has 0 aromatic rings. The third-order valence-electron chi connectivity index (χ3n) is 3.25. The number of hydrogen-bond donors (Lipinski definition) is 0. The molecule has 2 fully saturated rings. The number of ether oxygens (including phenoxy) is 1. The van der Waals surface area contributed by atoms with Gasteiger partial charge in [0.05, 0.1) is 7.11 Å². The van der Waals surface area contributed by atoms with E-state index < -0.39 is 5.41 Å². The summed E-state index contributed by atoms with van der Waals surface area (Å²) in [5, 5.41) is 0. The summed E-state index contributed by atoms with van der Waals surface area (Å²) >= 11 is 0. The quantitative estimate of drug-likeness (QED) is 0.391. The van der Waals surface area contributed by atoms with Gasteiger partial charge in [-0.3, -0.25) is 9.59 Å². The third-order valence-corrected chi connectivity index (χ3v) is 3.79. The van der Waals surface area contributed by atoms with Crippen LogP contribution >= 0.6 is 9.24 Å². The number of rotatable bonds is 2. The third kappa shape index (κ3) is 1.76. The molecule has 1 saturated heterocycles. The summed E-state index contributed by atoms with van der Waals surface area (Å²) in [4.78, 5) is 25.4. The predicted octanol–water partition coefficient (Wildman–Crippen LogP) is 0.416. The van der Waals surface area contributed by atoms with Gasteiger partial charge in [-0.2, -0.15) is 0 Å². The van der Waals surface area contributed by atoms with Crippen LogP contribution in [0, 0.1) is 5.41 Å². The average molecular weight is 229 g/mol. The standard InChI is InChI=1S/C10H16NO3P/c1-14-9(13)10(3-4-10)8(12)11-5-2-7(15)6-11/h7H,2-6,15H2,1H3/t7-/m1/s1. The van der Waals surface area contributed by atoms with E-state index in [1.54, 1.807) is 4.90 Å². The Morgan fingerprint density at radius 3 is 2.53 bits per heavy atom. The van der Waals surface area contributed by atoms with Crippen LogP contribution in [0.25, 0.3) is 0 Å². The van der Waals surface area contributed by atoms with Crippen molar-refractivity contribution in [2.75, 3.05) is 20.2 Å². The van der Waals surface area contributed by atoms with Gasteiger partial charge in [-0.05, 0) is 24.9 Å². The maximum atomic E-state index is 12.1. The van der Waals surface area contributed by atoms with E-state index in [9.17, 15) is 9.59 Å². The Labute approximate surface area is 91.5 Å². The molecule has 1 heterocycles. The van der Waals surface area contributed by atoms with Crippen molar-refractivity contribution >= 4 is 21.1 Å². The number of methoxy groups -OCH3 is 1. The Balaban J connectivity index is 2.05. The van der Waals surface area contributed by atoms with Gasteiger partial charge in [0, 0.05) is 13.1 Å². The normalized spacial score (nSPS) is 27.6. The molecule has 4 nitrogen and oxygen atoms in total. The first-order valence-corrected chi connectivity index (χ1v) is 5.90. The number of esters is 1. The number of carbonyl (C=O) groups excluding carboxylic acids is 2. The van der Waals surface area contributed by atoms with E-state index in [1.807, 2.05) is 0 Å². The van der Waals surface area contributed by atoms with E-state index in [-0.39, 0.29) is 11.9 Å². The van der Waals surface area contributed by atoms with E-state index >= 15 is 0 Å². The van der Waals surface area contributed by atoms with Crippen molar-refractivity contribution in [2.45, 2.75) is 24.9 Å². The summed E-state index contributed by atoms with van der Waals surface area (Å²) in [5.74, 6) is -0.390. The van der Waals surface area contributed by atoms with Crippen molar-refractivity contribution < 1.29 is 14.3 Å². The van der Waals surface area contributed by atoms with Crippen LogP contribution in [-0.2, 0) is 14.3 Å². The molecule has 1 amide bonds. The van der Waals surface area contributed by atoms with Crippen molar-refractivity contribution in [1.29, 1.82) is 0 Å². The fourth-order valence-electron chi connectivity index (χ4n) is 2.10. The molecule has 84 valence electrons. The Kier molecular flexibility index (Phi) is 2.72. The molecule has 1 unspecified atom stereocenters. The van der Waals surface area contributed by atoms with E-state index in [0.717, 1.165) is 19.5 Å². The van der Waals surface area contributed by atoms with Crippen molar-refractivity contribution in [3.05, 3.63) is 0 Å². The summed E-state index contributed by atoms with van der Waals surface area (Å²) in [7, 11) is 4.07. The minimum Gasteiger partial charge on any atom is -0.468 e. The van der Waals surface area contributed by atoms with Gasteiger partial charge in [-0.15, -0.1) is 9.24 Å². The Morgan fingerprint density at radius 1 is 1.47 bits per heavy atom. The maximum absolute atomic E-state index is 12.1. The van der Waals surface area contributed by atoms with E-state index in [2.05, 4.69) is 9.24 Å². The van der Waals surface area contributed by atoms with Crippen LogP contribution in [0.5, 0.6) is 0 Å². The summed E-state index contributed by atoms with van der Waals surface area (Å²) in [6, 6.07) is 0. The molecule has 2 atom stereocenters. The maximum Gasteiger partial charge on any atom is 0.321 e. The van der Waals surface area contributed by atoms with Gasteiger partial charge in [0.2, 0.25) is 5.91 Å². The topological polar surface area (TPSA) is 46.6 Å². The number of nitrogens with zero attached hydrogens (tertiary/aromatic N) is 1. The lowest BCUT2D eigenvalue weighted by atomic mass is 10.1. The highest BCUT2D eigenvalue weighted by Crippen LogP contribution is 2.48. The fraction of sp³-hybridized carbons (Fsp3) is 0.800.